The van der Waals surface area contributed by atoms with Gasteiger partial charge >= 0.3 is 0 Å². The normalized spacial score (nSPS) is 20.8. The summed E-state index contributed by atoms with van der Waals surface area (Å²) < 4.78 is 0. The molecule has 2 atom stereocenters. The van der Waals surface area contributed by atoms with Crippen molar-refractivity contribution in [1.82, 2.24) is 9.80 Å². The van der Waals surface area contributed by atoms with E-state index in [-0.39, 0.29) is 30.1 Å². The molecule has 0 aliphatic carbocycles. The molecule has 1 aliphatic heterocycles. The molecule has 0 unspecified atom stereocenters. The number of hydrogen-bond acceptors (Lipinski definition) is 4. The fourth-order valence-electron chi connectivity index (χ4n) is 2.24. The number of thioether (sulfide) groups is 1. The number of nitrogens with zero attached hydrogens (tertiary/aromatic N) is 2. The Morgan fingerprint density at radius 2 is 2.16 bits per heavy atom. The maximum atomic E-state index is 12.4. The summed E-state index contributed by atoms with van der Waals surface area (Å²) in [6, 6.07) is -0.603. The van der Waals surface area contributed by atoms with Gasteiger partial charge in [-0.15, -0.1) is 0 Å². The molecule has 0 N–H and O–H groups in total. The first-order valence-corrected chi connectivity index (χ1v) is 7.93. The Hall–Kier alpha value is -1.04. The van der Waals surface area contributed by atoms with Crippen LogP contribution in [0.25, 0.3) is 0 Å². The third-order valence-electron chi connectivity index (χ3n) is 3.32. The van der Waals surface area contributed by atoms with Crippen molar-refractivity contribution in [2.45, 2.75) is 32.7 Å². The minimum absolute atomic E-state index is 0.0300. The van der Waals surface area contributed by atoms with E-state index >= 15 is 0 Å². The van der Waals surface area contributed by atoms with Crippen molar-refractivity contribution >= 4 is 29.5 Å². The van der Waals surface area contributed by atoms with Crippen LogP contribution in [0.4, 0.5) is 0 Å². The first kappa shape index (κ1) is 16.0. The Morgan fingerprint density at radius 1 is 1.53 bits per heavy atom. The molecule has 5 nitrogen and oxygen atoms in total. The highest BCUT2D eigenvalue weighted by atomic mass is 32.2. The maximum absolute atomic E-state index is 12.4. The van der Waals surface area contributed by atoms with Gasteiger partial charge in [0.25, 0.3) is 5.91 Å². The molecule has 1 aliphatic rings. The third kappa shape index (κ3) is 3.49. The molecule has 0 bridgehead atoms. The van der Waals surface area contributed by atoms with Crippen LogP contribution in [0.2, 0.25) is 0 Å². The quantitative estimate of drug-likeness (QED) is 0.683. The molecular weight excluding hydrogens is 264 g/mol. The summed E-state index contributed by atoms with van der Waals surface area (Å²) in [6.07, 6.45) is 2.85. The third-order valence-corrected chi connectivity index (χ3v) is 4.15. The number of likely N-dealkylation sites (tertiary alicyclic amines) is 1. The molecule has 0 aromatic heterocycles. The molecule has 0 spiro atoms. The maximum Gasteiger partial charge on any atom is 0.252 e. The van der Waals surface area contributed by atoms with Gasteiger partial charge in [0.15, 0.2) is 0 Å². The first-order valence-electron chi connectivity index (χ1n) is 6.53. The van der Waals surface area contributed by atoms with Gasteiger partial charge in [0, 0.05) is 25.3 Å². The van der Waals surface area contributed by atoms with Crippen molar-refractivity contribution in [2.75, 3.05) is 25.6 Å². The summed E-state index contributed by atoms with van der Waals surface area (Å²) in [7, 11) is 1.48. The summed E-state index contributed by atoms with van der Waals surface area (Å²) in [6.45, 7) is 4.35. The second-order valence-electron chi connectivity index (χ2n) is 4.90. The van der Waals surface area contributed by atoms with Crippen LogP contribution in [0.3, 0.4) is 0 Å². The predicted octanol–water partition coefficient (Wildman–Crippen LogP) is 0.981. The molecular formula is C13H22N2O3S. The van der Waals surface area contributed by atoms with E-state index in [9.17, 15) is 14.4 Å². The fourth-order valence-corrected chi connectivity index (χ4v) is 2.89. The summed E-state index contributed by atoms with van der Waals surface area (Å²) in [5, 5.41) is 0. The van der Waals surface area contributed by atoms with Crippen LogP contribution in [0.5, 0.6) is 0 Å². The molecule has 0 saturated carbocycles. The van der Waals surface area contributed by atoms with E-state index in [1.165, 1.54) is 7.05 Å². The average Bonchev–Trinajstić information content (AvgIpc) is 2.63. The van der Waals surface area contributed by atoms with Gasteiger partial charge in [-0.2, -0.15) is 11.8 Å². The first-order chi connectivity index (χ1) is 8.93. The van der Waals surface area contributed by atoms with Gasteiger partial charge in [0.05, 0.1) is 6.42 Å². The van der Waals surface area contributed by atoms with Crippen molar-refractivity contribution in [3.63, 3.8) is 0 Å². The lowest BCUT2D eigenvalue weighted by atomic mass is 10.1. The van der Waals surface area contributed by atoms with E-state index in [0.29, 0.717) is 6.54 Å². The van der Waals surface area contributed by atoms with Crippen molar-refractivity contribution in [2.24, 2.45) is 5.92 Å². The van der Waals surface area contributed by atoms with Crippen molar-refractivity contribution in [3.8, 4) is 0 Å². The molecule has 6 heteroatoms. The molecule has 108 valence electrons. The monoisotopic (exact) mass is 286 g/mol. The molecule has 0 aromatic rings. The second kappa shape index (κ2) is 6.93. The van der Waals surface area contributed by atoms with E-state index in [1.54, 1.807) is 16.7 Å². The number of likely N-dealkylation sites (N-methyl/N-ethyl adjacent to an activating group) is 1. The van der Waals surface area contributed by atoms with Gasteiger partial charge in [-0.3, -0.25) is 19.3 Å². The molecule has 1 rings (SSSR count). The second-order valence-corrected chi connectivity index (χ2v) is 5.81. The Labute approximate surface area is 118 Å². The Morgan fingerprint density at radius 3 is 2.58 bits per heavy atom. The number of imide groups is 1. The zero-order chi connectivity index (χ0) is 14.6. The van der Waals surface area contributed by atoms with E-state index in [2.05, 4.69) is 0 Å². The highest BCUT2D eigenvalue weighted by Gasteiger charge is 2.42. The zero-order valence-corrected chi connectivity index (χ0v) is 12.8. The van der Waals surface area contributed by atoms with Gasteiger partial charge in [0.1, 0.15) is 6.04 Å². The minimum atomic E-state index is -0.603. The van der Waals surface area contributed by atoms with Crippen LogP contribution in [-0.4, -0.2) is 59.2 Å². The van der Waals surface area contributed by atoms with E-state index in [1.807, 2.05) is 20.1 Å². The predicted molar refractivity (Wildman–Crippen MR) is 75.7 cm³/mol. The summed E-state index contributed by atoms with van der Waals surface area (Å²) in [5.74, 6) is 0.0987. The largest absolute Gasteiger partial charge is 0.330 e. The van der Waals surface area contributed by atoms with Crippen molar-refractivity contribution in [1.29, 1.82) is 0 Å². The van der Waals surface area contributed by atoms with Crippen LogP contribution in [0.1, 0.15) is 26.7 Å². The lowest BCUT2D eigenvalue weighted by Gasteiger charge is -2.29. The highest BCUT2D eigenvalue weighted by Crippen LogP contribution is 2.20. The molecule has 3 amide bonds. The lowest BCUT2D eigenvalue weighted by molar-refractivity contribution is -0.144. The highest BCUT2D eigenvalue weighted by molar-refractivity contribution is 7.98. The van der Waals surface area contributed by atoms with Crippen molar-refractivity contribution in [3.05, 3.63) is 0 Å². The Balaban J connectivity index is 2.86. The Kier molecular flexibility index (Phi) is 5.85. The number of carbonyl (C=O) groups excluding carboxylic acids is 3. The van der Waals surface area contributed by atoms with Crippen LogP contribution in [0.15, 0.2) is 0 Å². The van der Waals surface area contributed by atoms with Gasteiger partial charge in [-0.25, -0.2) is 0 Å². The van der Waals surface area contributed by atoms with Crippen LogP contribution < -0.4 is 0 Å². The summed E-state index contributed by atoms with van der Waals surface area (Å²) in [5.41, 5.74) is 0. The van der Waals surface area contributed by atoms with Crippen molar-refractivity contribution < 1.29 is 14.4 Å². The minimum Gasteiger partial charge on any atom is -0.330 e. The van der Waals surface area contributed by atoms with E-state index in [0.717, 1.165) is 17.1 Å². The molecule has 19 heavy (non-hydrogen) atoms. The Bertz CT molecular complexity index is 373. The smallest absolute Gasteiger partial charge is 0.252 e. The van der Waals surface area contributed by atoms with Gasteiger partial charge in [0.2, 0.25) is 11.8 Å². The lowest BCUT2D eigenvalue weighted by Crippen LogP contribution is -2.47. The average molecular weight is 286 g/mol. The molecule has 1 heterocycles. The van der Waals surface area contributed by atoms with Crippen LogP contribution >= 0.6 is 11.8 Å². The molecule has 1 saturated heterocycles. The SMILES string of the molecule is CCCN(C(=O)[C@@H](C)CSC)[C@@H]1CC(=O)N(C)C1=O. The number of rotatable bonds is 6. The van der Waals surface area contributed by atoms with E-state index in [4.69, 9.17) is 0 Å². The number of hydrogen-bond donors (Lipinski definition) is 0. The number of amides is 3. The topological polar surface area (TPSA) is 57.7 Å². The van der Waals surface area contributed by atoms with Gasteiger partial charge in [-0.1, -0.05) is 13.8 Å². The van der Waals surface area contributed by atoms with Gasteiger partial charge in [-0.05, 0) is 12.7 Å². The van der Waals surface area contributed by atoms with Crippen LogP contribution in [0, 0.1) is 5.92 Å². The molecule has 1 fully saturated rings. The van der Waals surface area contributed by atoms with Gasteiger partial charge < -0.3 is 4.90 Å². The van der Waals surface area contributed by atoms with E-state index < -0.39 is 6.04 Å². The fraction of sp³-hybridized carbons (Fsp3) is 0.769. The standard InChI is InChI=1S/C13H22N2O3S/c1-5-6-15(12(17)9(2)8-19-4)10-7-11(16)14(3)13(10)18/h9-10H,5-8H2,1-4H3/t9-,10+/m0/s1. The van der Waals surface area contributed by atoms with Crippen LogP contribution in [-0.2, 0) is 14.4 Å². The molecule has 0 aromatic carbocycles. The number of carbonyl (C=O) groups is 3. The molecule has 0 radical (unpaired) electrons. The summed E-state index contributed by atoms with van der Waals surface area (Å²) in [4.78, 5) is 38.7. The zero-order valence-electron chi connectivity index (χ0n) is 12.0. The summed E-state index contributed by atoms with van der Waals surface area (Å²) >= 11 is 1.61.